The average Bonchev–Trinajstić information content (AvgIpc) is 2.85. The minimum Gasteiger partial charge on any atom is -0.0729 e. The minimum absolute atomic E-state index is 0.530. The third-order valence-corrected chi connectivity index (χ3v) is 3.79. The van der Waals surface area contributed by atoms with Crippen molar-refractivity contribution in [2.24, 2.45) is 5.92 Å². The van der Waals surface area contributed by atoms with Gasteiger partial charge in [0.25, 0.3) is 0 Å². The van der Waals surface area contributed by atoms with Gasteiger partial charge in [0.15, 0.2) is 0 Å². The molecule has 0 aromatic heterocycles. The summed E-state index contributed by atoms with van der Waals surface area (Å²) in [4.78, 5) is 0. The average molecular weight is 204 g/mol. The lowest BCUT2D eigenvalue weighted by Gasteiger charge is -2.12. The van der Waals surface area contributed by atoms with E-state index < -0.39 is 0 Å². The van der Waals surface area contributed by atoms with E-state index >= 15 is 0 Å². The Kier molecular flexibility index (Phi) is 1.49. The molecule has 1 aromatic rings. The highest BCUT2D eigenvalue weighted by Crippen LogP contribution is 2.49. The van der Waals surface area contributed by atoms with Crippen molar-refractivity contribution >= 4 is 6.08 Å². The van der Waals surface area contributed by atoms with Crippen molar-refractivity contribution in [1.82, 2.24) is 0 Å². The maximum absolute atomic E-state index is 2.42. The molecular formula is C16H12. The molecule has 0 N–H and O–H groups in total. The van der Waals surface area contributed by atoms with Crippen LogP contribution >= 0.6 is 0 Å². The molecule has 0 radical (unpaired) electrons. The number of benzene rings is 1. The van der Waals surface area contributed by atoms with Crippen molar-refractivity contribution in [2.45, 2.75) is 5.92 Å². The van der Waals surface area contributed by atoms with E-state index in [-0.39, 0.29) is 0 Å². The second kappa shape index (κ2) is 2.85. The van der Waals surface area contributed by atoms with Crippen LogP contribution in [0.15, 0.2) is 65.8 Å². The Morgan fingerprint density at radius 2 is 1.88 bits per heavy atom. The monoisotopic (exact) mass is 204 g/mol. The van der Waals surface area contributed by atoms with Gasteiger partial charge in [-0.1, -0.05) is 60.7 Å². The van der Waals surface area contributed by atoms with Gasteiger partial charge in [-0.3, -0.25) is 0 Å². The molecule has 0 spiro atoms. The summed E-state index contributed by atoms with van der Waals surface area (Å²) in [5, 5.41) is 0. The standard InChI is InChI=1S/C16H12/c1-3-7-13-11(5-1)9-15-14-8-4-2-6-12(14)10-16(13)15/h1-10,13,15H. The minimum atomic E-state index is 0.530. The van der Waals surface area contributed by atoms with Gasteiger partial charge in [0.2, 0.25) is 0 Å². The van der Waals surface area contributed by atoms with Crippen LogP contribution in [0.2, 0.25) is 0 Å². The molecule has 3 aliphatic carbocycles. The lowest BCUT2D eigenvalue weighted by molar-refractivity contribution is 0.908. The van der Waals surface area contributed by atoms with E-state index in [1.807, 2.05) is 0 Å². The summed E-state index contributed by atoms with van der Waals surface area (Å²) in [7, 11) is 0. The Morgan fingerprint density at radius 3 is 2.88 bits per heavy atom. The zero-order valence-electron chi connectivity index (χ0n) is 8.93. The highest BCUT2D eigenvalue weighted by atomic mass is 14.4. The van der Waals surface area contributed by atoms with Gasteiger partial charge in [-0.25, -0.2) is 0 Å². The van der Waals surface area contributed by atoms with Crippen LogP contribution in [0.1, 0.15) is 17.0 Å². The first-order valence-corrected chi connectivity index (χ1v) is 5.80. The summed E-state index contributed by atoms with van der Waals surface area (Å²) in [6, 6.07) is 8.74. The van der Waals surface area contributed by atoms with Crippen molar-refractivity contribution in [1.29, 1.82) is 0 Å². The third kappa shape index (κ3) is 0.943. The van der Waals surface area contributed by atoms with Crippen molar-refractivity contribution in [2.75, 3.05) is 0 Å². The van der Waals surface area contributed by atoms with Crippen molar-refractivity contribution < 1.29 is 0 Å². The maximum Gasteiger partial charge on any atom is 0.0252 e. The number of rotatable bonds is 0. The summed E-state index contributed by atoms with van der Waals surface area (Å²) >= 11 is 0. The Labute approximate surface area is 95.3 Å². The highest BCUT2D eigenvalue weighted by molar-refractivity contribution is 5.73. The van der Waals surface area contributed by atoms with Crippen LogP contribution in [-0.4, -0.2) is 0 Å². The van der Waals surface area contributed by atoms with Crippen LogP contribution in [0.5, 0.6) is 0 Å². The van der Waals surface area contributed by atoms with E-state index in [0.29, 0.717) is 11.8 Å². The molecule has 16 heavy (non-hydrogen) atoms. The van der Waals surface area contributed by atoms with Gasteiger partial charge < -0.3 is 0 Å². The topological polar surface area (TPSA) is 0 Å². The fraction of sp³-hybridized carbons (Fsp3) is 0.125. The Balaban J connectivity index is 1.91. The van der Waals surface area contributed by atoms with Crippen molar-refractivity contribution in [3.8, 4) is 0 Å². The second-order valence-electron chi connectivity index (χ2n) is 4.64. The van der Waals surface area contributed by atoms with Crippen LogP contribution in [0, 0.1) is 5.92 Å². The summed E-state index contributed by atoms with van der Waals surface area (Å²) in [5.41, 5.74) is 5.90. The maximum atomic E-state index is 2.42. The molecule has 76 valence electrons. The predicted molar refractivity (Wildman–Crippen MR) is 67.0 cm³/mol. The van der Waals surface area contributed by atoms with Gasteiger partial charge >= 0.3 is 0 Å². The molecule has 0 aliphatic heterocycles. The first-order chi connectivity index (χ1) is 7.93. The number of allylic oxidation sites excluding steroid dienone is 7. The molecule has 2 unspecified atom stereocenters. The molecule has 0 bridgehead atoms. The quantitative estimate of drug-likeness (QED) is 0.602. The lowest BCUT2D eigenvalue weighted by atomic mass is 9.91. The van der Waals surface area contributed by atoms with Crippen LogP contribution in [0.4, 0.5) is 0 Å². The molecule has 0 saturated heterocycles. The Morgan fingerprint density at radius 1 is 0.938 bits per heavy atom. The third-order valence-electron chi connectivity index (χ3n) is 3.79. The molecule has 0 saturated carbocycles. The smallest absolute Gasteiger partial charge is 0.0252 e. The summed E-state index contributed by atoms with van der Waals surface area (Å²) in [6.07, 6.45) is 13.6. The molecule has 2 atom stereocenters. The van der Waals surface area contributed by atoms with Gasteiger partial charge in [-0.05, 0) is 22.3 Å². The SMILES string of the molecule is C1=CC2=CC3C(=Cc4ccccc43)C2C=C1. The second-order valence-corrected chi connectivity index (χ2v) is 4.64. The van der Waals surface area contributed by atoms with E-state index in [1.165, 1.54) is 16.7 Å². The molecule has 0 amide bonds. The fourth-order valence-corrected chi connectivity index (χ4v) is 3.06. The van der Waals surface area contributed by atoms with Gasteiger partial charge in [0.05, 0.1) is 0 Å². The van der Waals surface area contributed by atoms with Crippen LogP contribution in [0.3, 0.4) is 0 Å². The van der Waals surface area contributed by atoms with E-state index in [0.717, 1.165) is 0 Å². The van der Waals surface area contributed by atoms with Gasteiger partial charge in [0.1, 0.15) is 0 Å². The largest absolute Gasteiger partial charge is 0.0729 e. The lowest BCUT2D eigenvalue weighted by Crippen LogP contribution is -2.00. The number of hydrogen-bond acceptors (Lipinski definition) is 0. The first-order valence-electron chi connectivity index (χ1n) is 5.80. The molecule has 4 rings (SSSR count). The van der Waals surface area contributed by atoms with E-state index in [2.05, 4.69) is 60.7 Å². The first kappa shape index (κ1) is 8.35. The molecule has 1 aromatic carbocycles. The van der Waals surface area contributed by atoms with Crippen LogP contribution < -0.4 is 0 Å². The zero-order chi connectivity index (χ0) is 10.5. The van der Waals surface area contributed by atoms with E-state index in [1.54, 1.807) is 5.57 Å². The summed E-state index contributed by atoms with van der Waals surface area (Å²) in [5.74, 6) is 1.06. The normalized spacial score (nSPS) is 28.2. The predicted octanol–water partition coefficient (Wildman–Crippen LogP) is 3.85. The van der Waals surface area contributed by atoms with Gasteiger partial charge in [0, 0.05) is 11.8 Å². The van der Waals surface area contributed by atoms with Crippen LogP contribution in [0.25, 0.3) is 6.08 Å². The van der Waals surface area contributed by atoms with Crippen molar-refractivity contribution in [3.63, 3.8) is 0 Å². The Hall–Kier alpha value is -1.82. The van der Waals surface area contributed by atoms with Crippen LogP contribution in [-0.2, 0) is 0 Å². The van der Waals surface area contributed by atoms with Gasteiger partial charge in [-0.2, -0.15) is 0 Å². The molecule has 3 aliphatic rings. The highest BCUT2D eigenvalue weighted by Gasteiger charge is 2.34. The molecule has 0 heteroatoms. The molecule has 0 heterocycles. The zero-order valence-corrected chi connectivity index (χ0v) is 8.93. The molecular weight excluding hydrogens is 192 g/mol. The Bertz CT molecular complexity index is 582. The summed E-state index contributed by atoms with van der Waals surface area (Å²) in [6.45, 7) is 0. The number of fused-ring (bicyclic) bond motifs is 5. The van der Waals surface area contributed by atoms with E-state index in [4.69, 9.17) is 0 Å². The summed E-state index contributed by atoms with van der Waals surface area (Å²) < 4.78 is 0. The fourth-order valence-electron chi connectivity index (χ4n) is 3.06. The van der Waals surface area contributed by atoms with Crippen molar-refractivity contribution in [3.05, 3.63) is 76.9 Å². The molecule has 0 nitrogen and oxygen atoms in total. The van der Waals surface area contributed by atoms with E-state index in [9.17, 15) is 0 Å². The number of hydrogen-bond donors (Lipinski definition) is 0. The van der Waals surface area contributed by atoms with Gasteiger partial charge in [-0.15, -0.1) is 0 Å². The molecule has 0 fully saturated rings.